The topological polar surface area (TPSA) is 73.2 Å². The molecule has 0 bridgehead atoms. The first kappa shape index (κ1) is 20.6. The Hall–Kier alpha value is -3.64. The summed E-state index contributed by atoms with van der Waals surface area (Å²) in [5.74, 6) is 0.261. The minimum absolute atomic E-state index is 0.0670. The first-order chi connectivity index (χ1) is 15.0. The van der Waals surface area contributed by atoms with Crippen LogP contribution in [-0.2, 0) is 13.1 Å². The van der Waals surface area contributed by atoms with Crippen molar-refractivity contribution in [3.63, 3.8) is 0 Å². The second kappa shape index (κ2) is 9.02. The van der Waals surface area contributed by atoms with E-state index in [0.717, 1.165) is 11.1 Å². The molecule has 0 radical (unpaired) electrons. The quantitative estimate of drug-likeness (QED) is 0.498. The van der Waals surface area contributed by atoms with Crippen molar-refractivity contribution < 1.29 is 9.53 Å². The van der Waals surface area contributed by atoms with Gasteiger partial charge in [-0.15, -0.1) is 0 Å². The monoisotopic (exact) mass is 433 g/mol. The Balaban J connectivity index is 1.67. The Morgan fingerprint density at radius 3 is 2.65 bits per heavy atom. The van der Waals surface area contributed by atoms with Crippen LogP contribution < -0.4 is 15.6 Å². The lowest BCUT2D eigenvalue weighted by Gasteiger charge is -2.13. The van der Waals surface area contributed by atoms with Crippen LogP contribution in [0.2, 0.25) is 5.02 Å². The molecule has 0 saturated carbocycles. The average Bonchev–Trinajstić information content (AvgIpc) is 2.80. The maximum atomic E-state index is 13.2. The molecule has 0 fully saturated rings. The summed E-state index contributed by atoms with van der Waals surface area (Å²) < 4.78 is 6.72. The number of nitrogens with one attached hydrogen (secondary N) is 1. The Labute approximate surface area is 184 Å². The van der Waals surface area contributed by atoms with Crippen LogP contribution in [0.5, 0.6) is 5.75 Å². The summed E-state index contributed by atoms with van der Waals surface area (Å²) in [6.45, 7) is 0.554. The van der Waals surface area contributed by atoms with E-state index in [-0.39, 0.29) is 18.7 Å². The molecule has 1 amide bonds. The molecule has 7 heteroatoms. The third kappa shape index (κ3) is 4.59. The fraction of sp³-hybridized carbons (Fsp3) is 0.125. The number of benzene rings is 2. The highest BCUT2D eigenvalue weighted by molar-refractivity contribution is 6.30. The number of carbonyl (C=O) groups is 1. The van der Waals surface area contributed by atoms with Crippen molar-refractivity contribution >= 4 is 28.5 Å². The second-order valence-corrected chi connectivity index (χ2v) is 7.46. The van der Waals surface area contributed by atoms with Crippen LogP contribution in [0.15, 0.2) is 77.7 Å². The van der Waals surface area contributed by atoms with Crippen molar-refractivity contribution in [2.45, 2.75) is 13.1 Å². The van der Waals surface area contributed by atoms with Gasteiger partial charge in [-0.3, -0.25) is 14.2 Å². The zero-order valence-electron chi connectivity index (χ0n) is 16.8. The van der Waals surface area contributed by atoms with Crippen molar-refractivity contribution in [3.8, 4) is 5.75 Å². The third-order valence-electron chi connectivity index (χ3n) is 4.93. The van der Waals surface area contributed by atoms with E-state index < -0.39 is 11.5 Å². The number of carbonyl (C=O) groups excluding carboxylic acids is 1. The number of hydrogen-bond acceptors (Lipinski definition) is 4. The molecule has 0 spiro atoms. The van der Waals surface area contributed by atoms with E-state index in [9.17, 15) is 9.59 Å². The van der Waals surface area contributed by atoms with Crippen LogP contribution in [0.4, 0.5) is 0 Å². The van der Waals surface area contributed by atoms with Crippen LogP contribution in [-0.4, -0.2) is 22.6 Å². The summed E-state index contributed by atoms with van der Waals surface area (Å²) in [5, 5.41) is 4.15. The van der Waals surface area contributed by atoms with E-state index in [1.165, 1.54) is 4.57 Å². The van der Waals surface area contributed by atoms with Gasteiger partial charge >= 0.3 is 0 Å². The minimum Gasteiger partial charge on any atom is -0.497 e. The van der Waals surface area contributed by atoms with E-state index in [1.807, 2.05) is 42.5 Å². The number of methoxy groups -OCH3 is 1. The van der Waals surface area contributed by atoms with Crippen LogP contribution in [0.3, 0.4) is 0 Å². The third-order valence-corrected chi connectivity index (χ3v) is 5.19. The standard InChI is InChI=1S/C24H20ClN3O3/c1-31-20-6-2-4-17(12-20)14-27-23(29)21-13-18-5-3-11-26-22(18)28(24(21)30)15-16-7-9-19(25)10-8-16/h2-13H,14-15H2,1H3,(H,27,29). The van der Waals surface area contributed by atoms with Gasteiger partial charge < -0.3 is 10.1 Å². The van der Waals surface area contributed by atoms with Crippen LogP contribution in [0.1, 0.15) is 21.5 Å². The summed E-state index contributed by atoms with van der Waals surface area (Å²) in [6.07, 6.45) is 1.63. The second-order valence-electron chi connectivity index (χ2n) is 7.03. The van der Waals surface area contributed by atoms with Gasteiger partial charge in [-0.1, -0.05) is 35.9 Å². The molecule has 2 aromatic carbocycles. The smallest absolute Gasteiger partial charge is 0.265 e. The van der Waals surface area contributed by atoms with Crippen LogP contribution >= 0.6 is 11.6 Å². The Morgan fingerprint density at radius 2 is 1.87 bits per heavy atom. The van der Waals surface area contributed by atoms with Gasteiger partial charge in [0.25, 0.3) is 11.5 Å². The van der Waals surface area contributed by atoms with Crippen LogP contribution in [0.25, 0.3) is 11.0 Å². The van der Waals surface area contributed by atoms with Gasteiger partial charge in [0.2, 0.25) is 0 Å². The molecule has 0 saturated heterocycles. The number of pyridine rings is 2. The molecule has 0 aliphatic rings. The molecule has 0 unspecified atom stereocenters. The Kier molecular flexibility index (Phi) is 6.00. The molecule has 2 aromatic heterocycles. The molecular formula is C24H20ClN3O3. The van der Waals surface area contributed by atoms with Gasteiger partial charge in [0.1, 0.15) is 17.0 Å². The molecule has 0 aliphatic carbocycles. The largest absolute Gasteiger partial charge is 0.497 e. The first-order valence-electron chi connectivity index (χ1n) is 9.69. The van der Waals surface area contributed by atoms with Gasteiger partial charge in [0.05, 0.1) is 13.7 Å². The minimum atomic E-state index is -0.441. The highest BCUT2D eigenvalue weighted by atomic mass is 35.5. The van der Waals surface area contributed by atoms with Crippen molar-refractivity contribution in [1.29, 1.82) is 0 Å². The van der Waals surface area contributed by atoms with Gasteiger partial charge in [-0.05, 0) is 53.6 Å². The number of halogens is 1. The van der Waals surface area contributed by atoms with Crippen molar-refractivity contribution in [1.82, 2.24) is 14.9 Å². The molecule has 1 N–H and O–H groups in total. The SMILES string of the molecule is COc1cccc(CNC(=O)c2cc3cccnc3n(Cc3ccc(Cl)cc3)c2=O)c1. The molecule has 4 aromatic rings. The van der Waals surface area contributed by atoms with E-state index in [0.29, 0.717) is 21.8 Å². The van der Waals surface area contributed by atoms with E-state index in [4.69, 9.17) is 16.3 Å². The number of ether oxygens (including phenoxy) is 1. The number of aromatic nitrogens is 2. The molecule has 156 valence electrons. The predicted octanol–water partition coefficient (Wildman–Crippen LogP) is 4.04. The Morgan fingerprint density at radius 1 is 1.06 bits per heavy atom. The lowest BCUT2D eigenvalue weighted by Crippen LogP contribution is -2.33. The zero-order chi connectivity index (χ0) is 21.8. The normalized spacial score (nSPS) is 10.8. The van der Waals surface area contributed by atoms with Crippen molar-refractivity contribution in [2.75, 3.05) is 7.11 Å². The maximum Gasteiger partial charge on any atom is 0.265 e. The number of rotatable bonds is 6. The molecule has 31 heavy (non-hydrogen) atoms. The Bertz CT molecular complexity index is 1300. The highest BCUT2D eigenvalue weighted by Gasteiger charge is 2.16. The van der Waals surface area contributed by atoms with E-state index >= 15 is 0 Å². The molecule has 4 rings (SSSR count). The number of nitrogens with zero attached hydrogens (tertiary/aromatic N) is 2. The van der Waals surface area contributed by atoms with Gasteiger partial charge in [-0.25, -0.2) is 4.98 Å². The van der Waals surface area contributed by atoms with Gasteiger partial charge in [0, 0.05) is 23.2 Å². The summed E-state index contributed by atoms with van der Waals surface area (Å²) in [6, 6.07) is 19.8. The first-order valence-corrected chi connectivity index (χ1v) is 10.1. The molecule has 0 aliphatic heterocycles. The summed E-state index contributed by atoms with van der Waals surface area (Å²) in [4.78, 5) is 30.5. The number of hydrogen-bond donors (Lipinski definition) is 1. The maximum absolute atomic E-state index is 13.2. The van der Waals surface area contributed by atoms with Crippen LogP contribution in [0, 0.1) is 0 Å². The van der Waals surface area contributed by atoms with E-state index in [2.05, 4.69) is 10.3 Å². The summed E-state index contributed by atoms with van der Waals surface area (Å²) >= 11 is 5.97. The fourth-order valence-electron chi connectivity index (χ4n) is 3.35. The summed E-state index contributed by atoms with van der Waals surface area (Å²) in [7, 11) is 1.59. The molecule has 0 atom stereocenters. The zero-order valence-corrected chi connectivity index (χ0v) is 17.6. The molecular weight excluding hydrogens is 414 g/mol. The van der Waals surface area contributed by atoms with Crippen molar-refractivity contribution in [3.05, 3.63) is 105 Å². The van der Waals surface area contributed by atoms with Gasteiger partial charge in [-0.2, -0.15) is 0 Å². The lowest BCUT2D eigenvalue weighted by molar-refractivity contribution is 0.0949. The fourth-order valence-corrected chi connectivity index (χ4v) is 3.47. The number of amides is 1. The molecule has 2 heterocycles. The predicted molar refractivity (Wildman–Crippen MR) is 121 cm³/mol. The van der Waals surface area contributed by atoms with Gasteiger partial charge in [0.15, 0.2) is 0 Å². The lowest BCUT2D eigenvalue weighted by atomic mass is 10.1. The number of fused-ring (bicyclic) bond motifs is 1. The van der Waals surface area contributed by atoms with Crippen molar-refractivity contribution in [2.24, 2.45) is 0 Å². The highest BCUT2D eigenvalue weighted by Crippen LogP contribution is 2.16. The average molecular weight is 434 g/mol. The van der Waals surface area contributed by atoms with E-state index in [1.54, 1.807) is 37.6 Å². The molecule has 6 nitrogen and oxygen atoms in total. The summed E-state index contributed by atoms with van der Waals surface area (Å²) in [5.41, 5.74) is 1.94.